The number of hydrogen-bond acceptors (Lipinski definition) is 2. The molecule has 1 atom stereocenters. The molecule has 1 aliphatic heterocycles. The van der Waals surface area contributed by atoms with Gasteiger partial charge in [0.05, 0.1) is 0 Å². The number of aryl methyl sites for hydroxylation is 1. The van der Waals surface area contributed by atoms with Crippen LogP contribution < -0.4 is 5.73 Å². The van der Waals surface area contributed by atoms with Crippen molar-refractivity contribution in [1.29, 1.82) is 0 Å². The highest BCUT2D eigenvalue weighted by atomic mass is 35.5. The van der Waals surface area contributed by atoms with Crippen molar-refractivity contribution in [3.05, 3.63) is 34.3 Å². The maximum atomic E-state index is 12.2. The summed E-state index contributed by atoms with van der Waals surface area (Å²) in [5, 5.41) is 0.659. The summed E-state index contributed by atoms with van der Waals surface area (Å²) in [7, 11) is 0. The van der Waals surface area contributed by atoms with Gasteiger partial charge in [-0.1, -0.05) is 11.6 Å². The van der Waals surface area contributed by atoms with Crippen LogP contribution in [0.1, 0.15) is 22.3 Å². The molecule has 0 aliphatic carbocycles. The predicted molar refractivity (Wildman–Crippen MR) is 64.7 cm³/mol. The highest BCUT2D eigenvalue weighted by molar-refractivity contribution is 6.30. The Morgan fingerprint density at radius 3 is 2.88 bits per heavy atom. The SMILES string of the molecule is Cc1cc(Cl)ccc1C(=O)N1CC[C@H](N)C1. The molecule has 2 rings (SSSR count). The van der Waals surface area contributed by atoms with Crippen LogP contribution in [-0.2, 0) is 0 Å². The molecular formula is C12H15ClN2O. The van der Waals surface area contributed by atoms with Gasteiger partial charge in [-0.05, 0) is 37.1 Å². The third kappa shape index (κ3) is 2.20. The number of nitrogens with zero attached hydrogens (tertiary/aromatic N) is 1. The van der Waals surface area contributed by atoms with Gasteiger partial charge in [0.25, 0.3) is 5.91 Å². The Balaban J connectivity index is 2.21. The van der Waals surface area contributed by atoms with E-state index in [2.05, 4.69) is 0 Å². The van der Waals surface area contributed by atoms with E-state index in [1.165, 1.54) is 0 Å². The Labute approximate surface area is 100 Å². The Bertz CT molecular complexity index is 419. The lowest BCUT2D eigenvalue weighted by Gasteiger charge is -2.17. The lowest BCUT2D eigenvalue weighted by Crippen LogP contribution is -2.32. The van der Waals surface area contributed by atoms with Crippen LogP contribution in [0.4, 0.5) is 0 Å². The molecule has 1 heterocycles. The molecule has 0 unspecified atom stereocenters. The van der Waals surface area contributed by atoms with Gasteiger partial charge >= 0.3 is 0 Å². The molecule has 4 heteroatoms. The predicted octanol–water partition coefficient (Wildman–Crippen LogP) is 1.82. The standard InChI is InChI=1S/C12H15ClN2O/c1-8-6-9(13)2-3-11(8)12(16)15-5-4-10(14)7-15/h2-3,6,10H,4-5,7,14H2,1H3/t10-/m0/s1. The van der Waals surface area contributed by atoms with Gasteiger partial charge in [-0.2, -0.15) is 0 Å². The fourth-order valence-electron chi connectivity index (χ4n) is 2.01. The van der Waals surface area contributed by atoms with E-state index in [1.807, 2.05) is 13.0 Å². The van der Waals surface area contributed by atoms with E-state index in [1.54, 1.807) is 17.0 Å². The quantitative estimate of drug-likeness (QED) is 0.811. The lowest BCUT2D eigenvalue weighted by molar-refractivity contribution is 0.0790. The summed E-state index contributed by atoms with van der Waals surface area (Å²) in [6.45, 7) is 3.30. The van der Waals surface area contributed by atoms with Crippen molar-refractivity contribution < 1.29 is 4.79 Å². The normalized spacial score (nSPS) is 20.2. The molecule has 2 N–H and O–H groups in total. The molecule has 1 aliphatic rings. The first kappa shape index (κ1) is 11.4. The van der Waals surface area contributed by atoms with Crippen LogP contribution in [-0.4, -0.2) is 29.9 Å². The molecule has 0 radical (unpaired) electrons. The molecular weight excluding hydrogens is 224 g/mol. The number of carbonyl (C=O) groups excluding carboxylic acids is 1. The molecule has 3 nitrogen and oxygen atoms in total. The van der Waals surface area contributed by atoms with Gasteiger partial charge in [-0.25, -0.2) is 0 Å². The fraction of sp³-hybridized carbons (Fsp3) is 0.417. The summed E-state index contributed by atoms with van der Waals surface area (Å²) in [5.41, 5.74) is 7.42. The molecule has 1 fully saturated rings. The molecule has 0 spiro atoms. The van der Waals surface area contributed by atoms with Crippen LogP contribution >= 0.6 is 11.6 Å². The number of likely N-dealkylation sites (tertiary alicyclic amines) is 1. The first-order valence-corrected chi connectivity index (χ1v) is 5.76. The second-order valence-electron chi connectivity index (χ2n) is 4.26. The molecule has 0 aromatic heterocycles. The van der Waals surface area contributed by atoms with Crippen LogP contribution in [0.25, 0.3) is 0 Å². The van der Waals surface area contributed by atoms with E-state index in [0.717, 1.165) is 24.1 Å². The first-order valence-electron chi connectivity index (χ1n) is 5.39. The Kier molecular flexibility index (Phi) is 3.17. The second-order valence-corrected chi connectivity index (χ2v) is 4.70. The topological polar surface area (TPSA) is 46.3 Å². The average Bonchev–Trinajstić information content (AvgIpc) is 2.64. The van der Waals surface area contributed by atoms with E-state index < -0.39 is 0 Å². The Morgan fingerprint density at radius 1 is 1.56 bits per heavy atom. The number of nitrogens with two attached hydrogens (primary N) is 1. The fourth-order valence-corrected chi connectivity index (χ4v) is 2.24. The third-order valence-electron chi connectivity index (χ3n) is 2.93. The van der Waals surface area contributed by atoms with Crippen LogP contribution in [0.3, 0.4) is 0 Å². The van der Waals surface area contributed by atoms with Crippen molar-refractivity contribution in [3.63, 3.8) is 0 Å². The Morgan fingerprint density at radius 2 is 2.31 bits per heavy atom. The van der Waals surface area contributed by atoms with Gasteiger partial charge in [0.2, 0.25) is 0 Å². The monoisotopic (exact) mass is 238 g/mol. The maximum absolute atomic E-state index is 12.2. The van der Waals surface area contributed by atoms with E-state index in [-0.39, 0.29) is 11.9 Å². The average molecular weight is 239 g/mol. The Hall–Kier alpha value is -1.06. The number of rotatable bonds is 1. The minimum Gasteiger partial charge on any atom is -0.337 e. The number of carbonyl (C=O) groups is 1. The zero-order valence-corrected chi connectivity index (χ0v) is 10.00. The van der Waals surface area contributed by atoms with Crippen molar-refractivity contribution >= 4 is 17.5 Å². The molecule has 1 saturated heterocycles. The van der Waals surface area contributed by atoms with E-state index >= 15 is 0 Å². The number of amides is 1. The van der Waals surface area contributed by atoms with Crippen molar-refractivity contribution in [3.8, 4) is 0 Å². The smallest absolute Gasteiger partial charge is 0.254 e. The first-order chi connectivity index (χ1) is 7.58. The highest BCUT2D eigenvalue weighted by Crippen LogP contribution is 2.19. The van der Waals surface area contributed by atoms with Crippen molar-refractivity contribution in [2.75, 3.05) is 13.1 Å². The van der Waals surface area contributed by atoms with Crippen LogP contribution in [0.2, 0.25) is 5.02 Å². The summed E-state index contributed by atoms with van der Waals surface area (Å²) < 4.78 is 0. The second kappa shape index (κ2) is 4.44. The maximum Gasteiger partial charge on any atom is 0.254 e. The van der Waals surface area contributed by atoms with Crippen molar-refractivity contribution in [1.82, 2.24) is 4.90 Å². The van der Waals surface area contributed by atoms with Crippen LogP contribution in [0, 0.1) is 6.92 Å². The molecule has 1 aromatic rings. The van der Waals surface area contributed by atoms with Gasteiger partial charge in [-0.3, -0.25) is 4.79 Å². The van der Waals surface area contributed by atoms with Crippen LogP contribution in [0.5, 0.6) is 0 Å². The summed E-state index contributed by atoms with van der Waals surface area (Å²) in [5.74, 6) is 0.0575. The van der Waals surface area contributed by atoms with Crippen molar-refractivity contribution in [2.45, 2.75) is 19.4 Å². The van der Waals surface area contributed by atoms with E-state index in [0.29, 0.717) is 11.6 Å². The van der Waals surface area contributed by atoms with Crippen LogP contribution in [0.15, 0.2) is 18.2 Å². The number of hydrogen-bond donors (Lipinski definition) is 1. The molecule has 86 valence electrons. The van der Waals surface area contributed by atoms with Gasteiger partial charge in [0, 0.05) is 29.7 Å². The van der Waals surface area contributed by atoms with Crippen molar-refractivity contribution in [2.24, 2.45) is 5.73 Å². The largest absolute Gasteiger partial charge is 0.337 e. The summed E-state index contributed by atoms with van der Waals surface area (Å²) in [6, 6.07) is 5.46. The summed E-state index contributed by atoms with van der Waals surface area (Å²) >= 11 is 5.86. The minimum atomic E-state index is 0.0575. The minimum absolute atomic E-state index is 0.0575. The molecule has 16 heavy (non-hydrogen) atoms. The van der Waals surface area contributed by atoms with E-state index in [4.69, 9.17) is 17.3 Å². The third-order valence-corrected chi connectivity index (χ3v) is 3.17. The molecule has 0 saturated carbocycles. The number of halogens is 1. The molecule has 1 aromatic carbocycles. The lowest BCUT2D eigenvalue weighted by atomic mass is 10.1. The van der Waals surface area contributed by atoms with Gasteiger partial charge in [0.1, 0.15) is 0 Å². The summed E-state index contributed by atoms with van der Waals surface area (Å²) in [6.07, 6.45) is 0.887. The number of benzene rings is 1. The van der Waals surface area contributed by atoms with Gasteiger partial charge < -0.3 is 10.6 Å². The highest BCUT2D eigenvalue weighted by Gasteiger charge is 2.25. The zero-order valence-electron chi connectivity index (χ0n) is 9.24. The van der Waals surface area contributed by atoms with Gasteiger partial charge in [0.15, 0.2) is 0 Å². The summed E-state index contributed by atoms with van der Waals surface area (Å²) in [4.78, 5) is 14.0. The van der Waals surface area contributed by atoms with E-state index in [9.17, 15) is 4.79 Å². The zero-order chi connectivity index (χ0) is 11.7. The molecule has 0 bridgehead atoms. The molecule has 1 amide bonds. The van der Waals surface area contributed by atoms with Gasteiger partial charge in [-0.15, -0.1) is 0 Å².